The monoisotopic (exact) mass is 443 g/mol. The van der Waals surface area contributed by atoms with Crippen molar-refractivity contribution in [2.75, 3.05) is 5.32 Å². The number of carbonyl (C=O) groups excluding carboxylic acids is 2. The van der Waals surface area contributed by atoms with E-state index in [1.54, 1.807) is 6.07 Å². The first kappa shape index (κ1) is 21.5. The first-order chi connectivity index (χ1) is 14.7. The van der Waals surface area contributed by atoms with Gasteiger partial charge in [0.2, 0.25) is 5.91 Å². The van der Waals surface area contributed by atoms with Crippen LogP contribution in [0.25, 0.3) is 21.0 Å². The summed E-state index contributed by atoms with van der Waals surface area (Å²) in [5.41, 5.74) is 0.214. The van der Waals surface area contributed by atoms with Gasteiger partial charge in [0.15, 0.2) is 5.13 Å². The van der Waals surface area contributed by atoms with Crippen LogP contribution in [0, 0.1) is 11.7 Å². The molecule has 0 saturated heterocycles. The van der Waals surface area contributed by atoms with E-state index in [1.807, 2.05) is 32.9 Å². The quantitative estimate of drug-likeness (QED) is 0.551. The zero-order valence-electron chi connectivity index (χ0n) is 17.8. The van der Waals surface area contributed by atoms with Gasteiger partial charge < -0.3 is 15.4 Å². The average molecular weight is 444 g/mol. The number of nitrogens with zero attached hydrogens (tertiary/aromatic N) is 1. The highest BCUT2D eigenvalue weighted by molar-refractivity contribution is 7.23. The van der Waals surface area contributed by atoms with E-state index in [0.717, 1.165) is 40.3 Å². The number of alkyl carbamates (subject to hydrolysis) is 1. The normalized spacial score (nSPS) is 19.4. The van der Waals surface area contributed by atoms with Crippen LogP contribution >= 0.6 is 11.3 Å². The summed E-state index contributed by atoms with van der Waals surface area (Å²) in [6, 6.07) is 8.25. The summed E-state index contributed by atoms with van der Waals surface area (Å²) in [7, 11) is 0. The molecule has 0 radical (unpaired) electrons. The van der Waals surface area contributed by atoms with Crippen LogP contribution < -0.4 is 10.6 Å². The molecule has 0 bridgehead atoms. The summed E-state index contributed by atoms with van der Waals surface area (Å²) < 4.78 is 19.8. The fourth-order valence-electron chi connectivity index (χ4n) is 3.98. The Morgan fingerprint density at radius 1 is 1.19 bits per heavy atom. The van der Waals surface area contributed by atoms with Crippen molar-refractivity contribution in [3.05, 3.63) is 36.1 Å². The summed E-state index contributed by atoms with van der Waals surface area (Å²) in [4.78, 5) is 29.5. The first-order valence-corrected chi connectivity index (χ1v) is 11.3. The number of carbonyl (C=O) groups is 2. The van der Waals surface area contributed by atoms with E-state index in [0.29, 0.717) is 11.6 Å². The molecular weight excluding hydrogens is 417 g/mol. The van der Waals surface area contributed by atoms with Gasteiger partial charge in [0, 0.05) is 17.3 Å². The van der Waals surface area contributed by atoms with Gasteiger partial charge in [-0.2, -0.15) is 0 Å². The number of anilines is 1. The van der Waals surface area contributed by atoms with E-state index in [-0.39, 0.29) is 23.7 Å². The Bertz CT molecular complexity index is 1140. The van der Waals surface area contributed by atoms with Gasteiger partial charge in [-0.3, -0.25) is 4.79 Å². The van der Waals surface area contributed by atoms with E-state index in [1.165, 1.54) is 23.5 Å². The summed E-state index contributed by atoms with van der Waals surface area (Å²) in [6.45, 7) is 5.46. The largest absolute Gasteiger partial charge is 0.444 e. The van der Waals surface area contributed by atoms with E-state index in [4.69, 9.17) is 4.74 Å². The zero-order chi connectivity index (χ0) is 22.2. The highest BCUT2D eigenvalue weighted by atomic mass is 32.1. The fraction of sp³-hybridized carbons (Fsp3) is 0.435. The van der Waals surface area contributed by atoms with Gasteiger partial charge in [0.25, 0.3) is 0 Å². The maximum Gasteiger partial charge on any atom is 0.407 e. The Morgan fingerprint density at radius 3 is 2.77 bits per heavy atom. The van der Waals surface area contributed by atoms with Crippen LogP contribution in [0.3, 0.4) is 0 Å². The van der Waals surface area contributed by atoms with Crippen LogP contribution in [0.4, 0.5) is 14.3 Å². The fourth-order valence-corrected chi connectivity index (χ4v) is 4.98. The lowest BCUT2D eigenvalue weighted by atomic mass is 9.85. The molecule has 4 rings (SSSR count). The number of hydrogen-bond acceptors (Lipinski definition) is 5. The van der Waals surface area contributed by atoms with E-state index >= 15 is 0 Å². The number of aromatic nitrogens is 1. The Labute approximate surface area is 184 Å². The van der Waals surface area contributed by atoms with Gasteiger partial charge in [-0.25, -0.2) is 14.2 Å². The third kappa shape index (κ3) is 5.12. The molecule has 6 nitrogen and oxygen atoms in total. The molecule has 1 heterocycles. The van der Waals surface area contributed by atoms with Crippen molar-refractivity contribution in [1.82, 2.24) is 10.3 Å². The van der Waals surface area contributed by atoms with Crippen molar-refractivity contribution >= 4 is 49.5 Å². The van der Waals surface area contributed by atoms with Gasteiger partial charge >= 0.3 is 6.09 Å². The molecular formula is C23H26FN3O3S. The lowest BCUT2D eigenvalue weighted by Gasteiger charge is -2.29. The molecule has 0 unspecified atom stereocenters. The summed E-state index contributed by atoms with van der Waals surface area (Å²) >= 11 is 1.39. The smallest absolute Gasteiger partial charge is 0.407 e. The second-order valence-electron chi connectivity index (χ2n) is 8.99. The lowest BCUT2D eigenvalue weighted by Crippen LogP contribution is -2.43. The summed E-state index contributed by atoms with van der Waals surface area (Å²) in [5, 5.41) is 8.07. The minimum atomic E-state index is -0.557. The standard InChI is InChI=1S/C23H26FN3O3S/c1-23(2,3)30-22(29)25-16-6-4-5-14(12-16)20(28)27-21-26-18-10-7-13-11-15(24)8-9-17(13)19(18)31-21/h7-11,14,16H,4-6,12H2,1-3H3,(H,25,29)(H,26,27,28)/t14-,16-/m0/s1. The predicted molar refractivity (Wildman–Crippen MR) is 121 cm³/mol. The van der Waals surface area contributed by atoms with Gasteiger partial charge in [0.1, 0.15) is 11.4 Å². The first-order valence-electron chi connectivity index (χ1n) is 10.5. The van der Waals surface area contributed by atoms with Gasteiger partial charge in [-0.15, -0.1) is 0 Å². The number of ether oxygens (including phenoxy) is 1. The molecule has 0 spiro atoms. The van der Waals surface area contributed by atoms with E-state index in [2.05, 4.69) is 15.6 Å². The maximum absolute atomic E-state index is 13.5. The predicted octanol–water partition coefficient (Wildman–Crippen LogP) is 5.61. The van der Waals surface area contributed by atoms with Crippen molar-refractivity contribution in [3.63, 3.8) is 0 Å². The molecule has 2 amide bonds. The summed E-state index contributed by atoms with van der Waals surface area (Å²) in [6.07, 6.45) is 2.57. The molecule has 1 aliphatic rings. The molecule has 1 aromatic heterocycles. The van der Waals surface area contributed by atoms with Gasteiger partial charge in [0.05, 0.1) is 10.2 Å². The molecule has 1 saturated carbocycles. The Hall–Kier alpha value is -2.74. The van der Waals surface area contributed by atoms with Crippen molar-refractivity contribution in [1.29, 1.82) is 0 Å². The Kier molecular flexibility index (Phi) is 5.83. The molecule has 3 aromatic rings. The van der Waals surface area contributed by atoms with Crippen molar-refractivity contribution in [2.45, 2.75) is 58.1 Å². The van der Waals surface area contributed by atoms with E-state index in [9.17, 15) is 14.0 Å². The van der Waals surface area contributed by atoms with Crippen molar-refractivity contribution in [3.8, 4) is 0 Å². The SMILES string of the molecule is CC(C)(C)OC(=O)N[C@H]1CCC[C@H](C(=O)Nc2nc3ccc4cc(F)ccc4c3s2)C1. The highest BCUT2D eigenvalue weighted by Gasteiger charge is 2.30. The summed E-state index contributed by atoms with van der Waals surface area (Å²) in [5.74, 6) is -0.576. The van der Waals surface area contributed by atoms with Crippen molar-refractivity contribution < 1.29 is 18.7 Å². The Balaban J connectivity index is 1.43. The van der Waals surface area contributed by atoms with Gasteiger partial charge in [-0.05, 0) is 69.7 Å². The zero-order valence-corrected chi connectivity index (χ0v) is 18.6. The number of amides is 2. The van der Waals surface area contributed by atoms with Crippen LogP contribution in [-0.4, -0.2) is 28.6 Å². The highest BCUT2D eigenvalue weighted by Crippen LogP contribution is 2.34. The number of benzene rings is 2. The molecule has 164 valence electrons. The number of hydrogen-bond donors (Lipinski definition) is 2. The number of rotatable bonds is 3. The third-order valence-electron chi connectivity index (χ3n) is 5.33. The van der Waals surface area contributed by atoms with Gasteiger partial charge in [-0.1, -0.05) is 23.8 Å². The topological polar surface area (TPSA) is 80.3 Å². The Morgan fingerprint density at radius 2 is 2.00 bits per heavy atom. The van der Waals surface area contributed by atoms with Crippen molar-refractivity contribution in [2.24, 2.45) is 5.92 Å². The van der Waals surface area contributed by atoms with Crippen LogP contribution in [-0.2, 0) is 9.53 Å². The number of nitrogens with one attached hydrogen (secondary N) is 2. The third-order valence-corrected chi connectivity index (χ3v) is 6.35. The van der Waals surface area contributed by atoms with Crippen LogP contribution in [0.2, 0.25) is 0 Å². The lowest BCUT2D eigenvalue weighted by molar-refractivity contribution is -0.121. The molecule has 1 aliphatic carbocycles. The van der Waals surface area contributed by atoms with Crippen LogP contribution in [0.1, 0.15) is 46.5 Å². The van der Waals surface area contributed by atoms with Crippen LogP contribution in [0.5, 0.6) is 0 Å². The molecule has 2 aromatic carbocycles. The number of halogens is 1. The molecule has 1 fully saturated rings. The maximum atomic E-state index is 13.5. The van der Waals surface area contributed by atoms with E-state index < -0.39 is 11.7 Å². The number of thiazole rings is 1. The molecule has 2 atom stereocenters. The molecule has 0 aliphatic heterocycles. The second kappa shape index (κ2) is 8.42. The minimum Gasteiger partial charge on any atom is -0.444 e. The number of fused-ring (bicyclic) bond motifs is 3. The molecule has 31 heavy (non-hydrogen) atoms. The average Bonchev–Trinajstić information content (AvgIpc) is 3.09. The second-order valence-corrected chi connectivity index (χ2v) is 9.99. The molecule has 8 heteroatoms. The minimum absolute atomic E-state index is 0.0893. The molecule has 2 N–H and O–H groups in total. The van der Waals surface area contributed by atoms with Crippen LogP contribution in [0.15, 0.2) is 30.3 Å².